The quantitative estimate of drug-likeness (QED) is 0.430. The number of carbonyl (C=O) groups excluding carboxylic acids is 1. The minimum Gasteiger partial charge on any atom is -0.459 e. The lowest BCUT2D eigenvalue weighted by Crippen LogP contribution is -2.23. The smallest absolute Gasteiger partial charge is 0.283 e. The molecule has 1 rings (SSSR count). The van der Waals surface area contributed by atoms with Gasteiger partial charge < -0.3 is 20.3 Å². The van der Waals surface area contributed by atoms with Crippen LogP contribution >= 0.6 is 0 Å². The van der Waals surface area contributed by atoms with Gasteiger partial charge in [0, 0.05) is 6.20 Å². The summed E-state index contributed by atoms with van der Waals surface area (Å²) in [6, 6.07) is 3.37. The highest BCUT2D eigenvalue weighted by Gasteiger charge is 2.12. The molecule has 0 bridgehead atoms. The first-order valence-corrected chi connectivity index (χ1v) is 6.78. The van der Waals surface area contributed by atoms with Gasteiger partial charge in [-0.2, -0.15) is 0 Å². The third-order valence-electron chi connectivity index (χ3n) is 2.51. The molecule has 21 heavy (non-hydrogen) atoms. The van der Waals surface area contributed by atoms with Crippen molar-refractivity contribution < 1.29 is 19.4 Å². The third-order valence-corrected chi connectivity index (χ3v) is 2.51. The zero-order valence-corrected chi connectivity index (χ0v) is 12.6. The van der Waals surface area contributed by atoms with Crippen molar-refractivity contribution in [3.63, 3.8) is 0 Å². The molecule has 116 valence electrons. The van der Waals surface area contributed by atoms with Crippen molar-refractivity contribution in [2.24, 2.45) is 11.7 Å². The molecule has 1 aromatic heterocycles. The summed E-state index contributed by atoms with van der Waals surface area (Å²) in [7, 11) is 0. The van der Waals surface area contributed by atoms with E-state index < -0.39 is 12.2 Å². The van der Waals surface area contributed by atoms with E-state index in [0.717, 1.165) is 0 Å². The topological polar surface area (TPSA) is 94.7 Å². The van der Waals surface area contributed by atoms with Crippen LogP contribution in [0.5, 0.6) is 0 Å². The molecular formula is C15H22N2O4. The van der Waals surface area contributed by atoms with E-state index in [-0.39, 0.29) is 12.4 Å². The van der Waals surface area contributed by atoms with Gasteiger partial charge in [-0.3, -0.25) is 9.78 Å². The van der Waals surface area contributed by atoms with Gasteiger partial charge in [-0.05, 0) is 30.5 Å². The van der Waals surface area contributed by atoms with Crippen molar-refractivity contribution in [1.82, 2.24) is 4.98 Å². The number of aliphatic hydroxyl groups excluding tert-OH is 1. The molecule has 6 nitrogen and oxygen atoms in total. The van der Waals surface area contributed by atoms with Crippen molar-refractivity contribution in [3.8, 4) is 0 Å². The number of carbonyl (C=O) groups is 1. The van der Waals surface area contributed by atoms with Crippen LogP contribution in [0, 0.1) is 5.92 Å². The van der Waals surface area contributed by atoms with Crippen molar-refractivity contribution in [2.45, 2.75) is 33.7 Å². The van der Waals surface area contributed by atoms with Crippen LogP contribution in [0.25, 0.3) is 6.08 Å². The zero-order chi connectivity index (χ0) is 15.8. The molecule has 1 amide bonds. The van der Waals surface area contributed by atoms with Crippen LogP contribution in [0.2, 0.25) is 0 Å². The number of hydrogen-bond acceptors (Lipinski definition) is 5. The van der Waals surface area contributed by atoms with Gasteiger partial charge >= 0.3 is 0 Å². The van der Waals surface area contributed by atoms with Gasteiger partial charge in [-0.1, -0.05) is 19.9 Å². The third kappa shape index (κ3) is 6.37. The second kappa shape index (κ2) is 8.39. The fourth-order valence-electron chi connectivity index (χ4n) is 1.47. The number of nitrogens with zero attached hydrogens (tertiary/aromatic N) is 1. The van der Waals surface area contributed by atoms with E-state index in [2.05, 4.69) is 4.98 Å². The van der Waals surface area contributed by atoms with E-state index in [1.54, 1.807) is 19.1 Å². The van der Waals surface area contributed by atoms with E-state index in [0.29, 0.717) is 23.8 Å². The number of rotatable bonds is 8. The van der Waals surface area contributed by atoms with Crippen LogP contribution < -0.4 is 5.73 Å². The number of aromatic nitrogens is 1. The van der Waals surface area contributed by atoms with Gasteiger partial charge in [-0.25, -0.2) is 0 Å². The molecule has 1 atom stereocenters. The van der Waals surface area contributed by atoms with Crippen molar-refractivity contribution in [1.29, 1.82) is 0 Å². The second-order valence-electron chi connectivity index (χ2n) is 5.03. The number of hydrogen-bond donors (Lipinski definition) is 2. The maximum Gasteiger partial charge on any atom is 0.283 e. The predicted molar refractivity (Wildman–Crippen MR) is 78.7 cm³/mol. The summed E-state index contributed by atoms with van der Waals surface area (Å²) < 4.78 is 10.8. The Labute approximate surface area is 124 Å². The summed E-state index contributed by atoms with van der Waals surface area (Å²) in [6.45, 7) is 6.13. The second-order valence-corrected chi connectivity index (χ2v) is 5.03. The molecule has 3 N–H and O–H groups in total. The van der Waals surface area contributed by atoms with Gasteiger partial charge in [0.25, 0.3) is 5.91 Å². The number of aliphatic hydroxyl groups is 1. The molecule has 1 heterocycles. The average molecular weight is 294 g/mol. The van der Waals surface area contributed by atoms with E-state index in [9.17, 15) is 4.79 Å². The normalized spacial score (nSPS) is 13.3. The maximum atomic E-state index is 11.4. The molecule has 1 aromatic rings. The van der Waals surface area contributed by atoms with Crippen molar-refractivity contribution in [2.75, 3.05) is 6.61 Å². The first-order chi connectivity index (χ1) is 9.92. The van der Waals surface area contributed by atoms with Gasteiger partial charge in [0.15, 0.2) is 12.0 Å². The molecule has 1 unspecified atom stereocenters. The minimum absolute atomic E-state index is 0.00445. The van der Waals surface area contributed by atoms with Gasteiger partial charge in [-0.15, -0.1) is 0 Å². The summed E-state index contributed by atoms with van der Waals surface area (Å²) in [5, 5.41) is 8.93. The van der Waals surface area contributed by atoms with E-state index in [4.69, 9.17) is 20.3 Å². The van der Waals surface area contributed by atoms with E-state index >= 15 is 0 Å². The summed E-state index contributed by atoms with van der Waals surface area (Å²) in [6.07, 6.45) is 2.44. The van der Waals surface area contributed by atoms with E-state index in [1.807, 2.05) is 13.8 Å². The van der Waals surface area contributed by atoms with Crippen LogP contribution in [0.1, 0.15) is 32.0 Å². The number of primary amides is 1. The molecule has 0 spiro atoms. The van der Waals surface area contributed by atoms with Crippen LogP contribution in [0.3, 0.4) is 0 Å². The van der Waals surface area contributed by atoms with Crippen LogP contribution in [-0.4, -0.2) is 28.9 Å². The Morgan fingerprint density at radius 2 is 2.14 bits per heavy atom. The molecule has 6 heteroatoms. The first-order valence-electron chi connectivity index (χ1n) is 6.78. The monoisotopic (exact) mass is 294 g/mol. The lowest BCUT2D eigenvalue weighted by atomic mass is 10.2. The minimum atomic E-state index is -0.679. The van der Waals surface area contributed by atoms with Gasteiger partial charge in [0.05, 0.1) is 18.9 Å². The molecule has 0 aliphatic carbocycles. The van der Waals surface area contributed by atoms with Crippen LogP contribution in [-0.2, 0) is 20.9 Å². The number of nitrogens with two attached hydrogens (primary N) is 1. The zero-order valence-electron chi connectivity index (χ0n) is 12.6. The largest absolute Gasteiger partial charge is 0.459 e. The lowest BCUT2D eigenvalue weighted by molar-refractivity contribution is -0.133. The summed E-state index contributed by atoms with van der Waals surface area (Å²) in [4.78, 5) is 15.4. The van der Waals surface area contributed by atoms with Crippen LogP contribution in [0.15, 0.2) is 24.1 Å². The Bertz CT molecular complexity index is 483. The van der Waals surface area contributed by atoms with Gasteiger partial charge in [0.1, 0.15) is 0 Å². The number of pyridine rings is 1. The Morgan fingerprint density at radius 3 is 2.62 bits per heavy atom. The Morgan fingerprint density at radius 1 is 1.43 bits per heavy atom. The fourth-order valence-corrected chi connectivity index (χ4v) is 1.47. The SMILES string of the molecule is CC(C)COC(C)OC(=Cc1ccc(CO)nc1)C(N)=O. The van der Waals surface area contributed by atoms with Crippen molar-refractivity contribution >= 4 is 12.0 Å². The Balaban J connectivity index is 2.75. The Kier molecular flexibility index (Phi) is 6.84. The summed E-state index contributed by atoms with van der Waals surface area (Å²) >= 11 is 0. The number of amides is 1. The molecule has 0 aromatic carbocycles. The molecule has 0 aliphatic rings. The fraction of sp³-hybridized carbons (Fsp3) is 0.467. The molecule has 0 fully saturated rings. The summed E-state index contributed by atoms with van der Waals surface area (Å²) in [5.74, 6) is -0.307. The predicted octanol–water partition coefficient (Wildman–Crippen LogP) is 1.44. The highest BCUT2D eigenvalue weighted by atomic mass is 16.7. The first kappa shape index (κ1) is 17.1. The average Bonchev–Trinajstić information content (AvgIpc) is 2.45. The molecule has 0 saturated heterocycles. The highest BCUT2D eigenvalue weighted by Crippen LogP contribution is 2.11. The lowest BCUT2D eigenvalue weighted by Gasteiger charge is -2.17. The standard InChI is InChI=1S/C15H22N2O4/c1-10(2)9-20-11(3)21-14(15(16)19)6-12-4-5-13(8-18)17-7-12/h4-7,10-11,18H,8-9H2,1-3H3,(H2,16,19). The highest BCUT2D eigenvalue weighted by molar-refractivity contribution is 5.94. The van der Waals surface area contributed by atoms with Crippen LogP contribution in [0.4, 0.5) is 0 Å². The molecule has 0 radical (unpaired) electrons. The van der Waals surface area contributed by atoms with Crippen molar-refractivity contribution in [3.05, 3.63) is 35.3 Å². The molecular weight excluding hydrogens is 272 g/mol. The summed E-state index contributed by atoms with van der Waals surface area (Å²) in [5.41, 5.74) is 6.49. The van der Waals surface area contributed by atoms with Gasteiger partial charge in [0.2, 0.25) is 0 Å². The molecule has 0 saturated carbocycles. The van der Waals surface area contributed by atoms with E-state index in [1.165, 1.54) is 12.3 Å². The number of ether oxygens (including phenoxy) is 2. The molecule has 0 aliphatic heterocycles. The maximum absolute atomic E-state index is 11.4. The Hall–Kier alpha value is -1.92.